The van der Waals surface area contributed by atoms with E-state index >= 15 is 0 Å². The van der Waals surface area contributed by atoms with Crippen molar-refractivity contribution in [3.8, 4) is 0 Å². The molecule has 4 nitrogen and oxygen atoms in total. The summed E-state index contributed by atoms with van der Waals surface area (Å²) in [6, 6.07) is 0. The Bertz CT molecular complexity index is 202. The number of hydrogen-bond donors (Lipinski definition) is 1. The Morgan fingerprint density at radius 1 is 1.06 bits per heavy atom. The van der Waals surface area contributed by atoms with Gasteiger partial charge in [0.1, 0.15) is 0 Å². The molecule has 18 heavy (non-hydrogen) atoms. The summed E-state index contributed by atoms with van der Waals surface area (Å²) in [6.07, 6.45) is 2.73. The summed E-state index contributed by atoms with van der Waals surface area (Å²) in [7, 11) is 0. The van der Waals surface area contributed by atoms with Gasteiger partial charge >= 0.3 is 0 Å². The van der Waals surface area contributed by atoms with E-state index in [1.807, 2.05) is 0 Å². The Balaban J connectivity index is 0.00000144. The van der Waals surface area contributed by atoms with E-state index in [1.165, 1.54) is 32.5 Å². The largest absolute Gasteiger partial charge is 0.379 e. The Kier molecular flexibility index (Phi) is 10.5. The molecule has 6 heteroatoms. The van der Waals surface area contributed by atoms with Crippen molar-refractivity contribution in [3.63, 3.8) is 0 Å². The third-order valence-corrected chi connectivity index (χ3v) is 3.67. The highest BCUT2D eigenvalue weighted by Gasteiger charge is 2.22. The highest BCUT2D eigenvalue weighted by molar-refractivity contribution is 5.85. The lowest BCUT2D eigenvalue weighted by Crippen LogP contribution is -2.45. The molecule has 2 aliphatic rings. The van der Waals surface area contributed by atoms with Crippen molar-refractivity contribution in [1.82, 2.24) is 9.80 Å². The summed E-state index contributed by atoms with van der Waals surface area (Å²) in [5, 5.41) is 0. The zero-order valence-corrected chi connectivity index (χ0v) is 12.7. The van der Waals surface area contributed by atoms with E-state index < -0.39 is 0 Å². The lowest BCUT2D eigenvalue weighted by atomic mass is 9.97. The molecule has 2 N–H and O–H groups in total. The normalized spacial score (nSPS) is 26.2. The SMILES string of the molecule is Cl.Cl.NCCN1CCCC(CN2CCOCC2)C1. The van der Waals surface area contributed by atoms with Crippen molar-refractivity contribution in [3.05, 3.63) is 0 Å². The van der Waals surface area contributed by atoms with Gasteiger partial charge in [0.05, 0.1) is 13.2 Å². The first kappa shape index (κ1) is 18.4. The summed E-state index contributed by atoms with van der Waals surface area (Å²) in [5.41, 5.74) is 5.62. The minimum Gasteiger partial charge on any atom is -0.379 e. The van der Waals surface area contributed by atoms with Crippen molar-refractivity contribution in [2.75, 3.05) is 59.0 Å². The predicted molar refractivity (Wildman–Crippen MR) is 80.0 cm³/mol. The van der Waals surface area contributed by atoms with Crippen LogP contribution in [-0.2, 0) is 4.74 Å². The number of hydrogen-bond acceptors (Lipinski definition) is 4. The molecule has 2 fully saturated rings. The first-order chi connectivity index (χ1) is 7.88. The molecule has 0 aromatic carbocycles. The molecule has 0 aliphatic carbocycles. The fraction of sp³-hybridized carbons (Fsp3) is 1.00. The fourth-order valence-electron chi connectivity index (χ4n) is 2.83. The third kappa shape index (κ3) is 6.04. The minimum absolute atomic E-state index is 0. The van der Waals surface area contributed by atoms with E-state index in [4.69, 9.17) is 10.5 Å². The standard InChI is InChI=1S/C12H25N3O.2ClH/c13-3-5-14-4-1-2-12(10-14)11-15-6-8-16-9-7-15;;/h12H,1-11,13H2;2*1H. The van der Waals surface area contributed by atoms with Gasteiger partial charge in [0.25, 0.3) is 0 Å². The summed E-state index contributed by atoms with van der Waals surface area (Å²) < 4.78 is 5.38. The van der Waals surface area contributed by atoms with Crippen molar-refractivity contribution in [2.45, 2.75) is 12.8 Å². The minimum atomic E-state index is 0. The molecular formula is C12H27Cl2N3O. The molecule has 0 saturated carbocycles. The summed E-state index contributed by atoms with van der Waals surface area (Å²) >= 11 is 0. The Hall–Kier alpha value is 0.420. The Morgan fingerprint density at radius 3 is 2.44 bits per heavy atom. The first-order valence-electron chi connectivity index (χ1n) is 6.61. The molecule has 0 aromatic heterocycles. The van der Waals surface area contributed by atoms with Crippen LogP contribution in [0.5, 0.6) is 0 Å². The molecule has 0 spiro atoms. The van der Waals surface area contributed by atoms with Crippen LogP contribution in [0.3, 0.4) is 0 Å². The fourth-order valence-corrected chi connectivity index (χ4v) is 2.83. The van der Waals surface area contributed by atoms with Crippen LogP contribution < -0.4 is 5.73 Å². The summed E-state index contributed by atoms with van der Waals surface area (Å²) in [5.74, 6) is 0.846. The highest BCUT2D eigenvalue weighted by atomic mass is 35.5. The van der Waals surface area contributed by atoms with Crippen LogP contribution in [0.15, 0.2) is 0 Å². The first-order valence-corrected chi connectivity index (χ1v) is 6.61. The van der Waals surface area contributed by atoms with E-state index in [0.29, 0.717) is 0 Å². The zero-order valence-electron chi connectivity index (χ0n) is 11.1. The van der Waals surface area contributed by atoms with E-state index in [2.05, 4.69) is 9.80 Å². The average Bonchev–Trinajstić information content (AvgIpc) is 2.31. The molecule has 110 valence electrons. The number of halogens is 2. The second-order valence-corrected chi connectivity index (χ2v) is 5.01. The zero-order chi connectivity index (χ0) is 11.2. The van der Waals surface area contributed by atoms with Gasteiger partial charge < -0.3 is 15.4 Å². The molecule has 1 unspecified atom stereocenters. The van der Waals surface area contributed by atoms with Crippen LogP contribution in [0.25, 0.3) is 0 Å². The van der Waals surface area contributed by atoms with Crippen LogP contribution in [0.4, 0.5) is 0 Å². The molecule has 0 amide bonds. The molecule has 0 bridgehead atoms. The maximum atomic E-state index is 5.62. The van der Waals surface area contributed by atoms with Gasteiger partial charge in [0.15, 0.2) is 0 Å². The van der Waals surface area contributed by atoms with Gasteiger partial charge in [0, 0.05) is 39.3 Å². The maximum absolute atomic E-state index is 5.62. The third-order valence-electron chi connectivity index (χ3n) is 3.67. The molecular weight excluding hydrogens is 273 g/mol. The van der Waals surface area contributed by atoms with Gasteiger partial charge in [-0.1, -0.05) is 0 Å². The van der Waals surface area contributed by atoms with Gasteiger partial charge in [0.2, 0.25) is 0 Å². The van der Waals surface area contributed by atoms with Crippen LogP contribution >= 0.6 is 24.8 Å². The molecule has 0 radical (unpaired) electrons. The van der Waals surface area contributed by atoms with Crippen molar-refractivity contribution in [2.24, 2.45) is 11.7 Å². The molecule has 2 saturated heterocycles. The van der Waals surface area contributed by atoms with E-state index in [9.17, 15) is 0 Å². The second-order valence-electron chi connectivity index (χ2n) is 5.01. The number of nitrogens with zero attached hydrogens (tertiary/aromatic N) is 2. The van der Waals surface area contributed by atoms with E-state index in [-0.39, 0.29) is 24.8 Å². The summed E-state index contributed by atoms with van der Waals surface area (Å²) in [4.78, 5) is 5.08. The monoisotopic (exact) mass is 299 g/mol. The van der Waals surface area contributed by atoms with Gasteiger partial charge in [-0.05, 0) is 25.3 Å². The molecule has 2 aliphatic heterocycles. The number of likely N-dealkylation sites (tertiary alicyclic amines) is 1. The molecule has 2 rings (SSSR count). The average molecular weight is 300 g/mol. The van der Waals surface area contributed by atoms with E-state index in [0.717, 1.165) is 45.3 Å². The van der Waals surface area contributed by atoms with Crippen molar-refractivity contribution >= 4 is 24.8 Å². The quantitative estimate of drug-likeness (QED) is 0.835. The highest BCUT2D eigenvalue weighted by Crippen LogP contribution is 2.17. The second kappa shape index (κ2) is 10.2. The van der Waals surface area contributed by atoms with Crippen LogP contribution in [0.2, 0.25) is 0 Å². The summed E-state index contributed by atoms with van der Waals surface area (Å²) in [6.45, 7) is 9.68. The number of piperidine rings is 1. The van der Waals surface area contributed by atoms with Crippen LogP contribution in [0.1, 0.15) is 12.8 Å². The number of rotatable bonds is 4. The van der Waals surface area contributed by atoms with Gasteiger partial charge in [-0.25, -0.2) is 0 Å². The smallest absolute Gasteiger partial charge is 0.0594 e. The molecule has 0 aromatic rings. The Labute approximate surface area is 123 Å². The van der Waals surface area contributed by atoms with Gasteiger partial charge in [-0.15, -0.1) is 24.8 Å². The van der Waals surface area contributed by atoms with Crippen molar-refractivity contribution < 1.29 is 4.74 Å². The van der Waals surface area contributed by atoms with Crippen LogP contribution in [0, 0.1) is 5.92 Å². The molecule has 1 atom stereocenters. The lowest BCUT2D eigenvalue weighted by Gasteiger charge is -2.36. The van der Waals surface area contributed by atoms with E-state index in [1.54, 1.807) is 0 Å². The van der Waals surface area contributed by atoms with Crippen LogP contribution in [-0.4, -0.2) is 68.8 Å². The van der Waals surface area contributed by atoms with Crippen molar-refractivity contribution in [1.29, 1.82) is 0 Å². The molecule has 2 heterocycles. The van der Waals surface area contributed by atoms with Gasteiger partial charge in [-0.2, -0.15) is 0 Å². The predicted octanol–water partition coefficient (Wildman–Crippen LogP) is 0.833. The lowest BCUT2D eigenvalue weighted by molar-refractivity contribution is 0.0231. The topological polar surface area (TPSA) is 41.7 Å². The number of nitrogens with two attached hydrogens (primary N) is 1. The number of morpholine rings is 1. The number of ether oxygens (including phenoxy) is 1. The maximum Gasteiger partial charge on any atom is 0.0594 e. The Morgan fingerprint density at radius 2 is 1.78 bits per heavy atom. The van der Waals surface area contributed by atoms with Gasteiger partial charge in [-0.3, -0.25) is 4.90 Å².